The highest BCUT2D eigenvalue weighted by Crippen LogP contribution is 2.21. The summed E-state index contributed by atoms with van der Waals surface area (Å²) in [6, 6.07) is 9.02. The van der Waals surface area contributed by atoms with E-state index in [2.05, 4.69) is 20.9 Å². The van der Waals surface area contributed by atoms with Crippen LogP contribution >= 0.6 is 27.3 Å². The van der Waals surface area contributed by atoms with Gasteiger partial charge in [-0.05, 0) is 46.3 Å². The molecule has 0 aliphatic rings. The number of aliphatic carboxylic acids is 1. The predicted molar refractivity (Wildman–Crippen MR) is 99.2 cm³/mol. The van der Waals surface area contributed by atoms with Crippen molar-refractivity contribution < 1.29 is 9.90 Å². The fourth-order valence-electron chi connectivity index (χ4n) is 2.31. The number of hydrogen-bond acceptors (Lipinski definition) is 4. The first kappa shape index (κ1) is 16.6. The molecule has 2 heterocycles. The van der Waals surface area contributed by atoms with Crippen LogP contribution in [0.25, 0.3) is 23.1 Å². The van der Waals surface area contributed by atoms with E-state index in [-0.39, 0.29) is 18.5 Å². The second-order valence-electron chi connectivity index (χ2n) is 5.09. The summed E-state index contributed by atoms with van der Waals surface area (Å²) in [6.45, 7) is 0.0831. The van der Waals surface area contributed by atoms with E-state index in [9.17, 15) is 9.59 Å². The minimum Gasteiger partial charge on any atom is -0.481 e. The second-order valence-corrected chi connectivity index (χ2v) is 6.95. The first-order valence-corrected chi connectivity index (χ1v) is 8.85. The van der Waals surface area contributed by atoms with Gasteiger partial charge in [-0.2, -0.15) is 0 Å². The highest BCUT2D eigenvalue weighted by atomic mass is 79.9. The molecular weight excluding hydrogens is 392 g/mol. The molecule has 3 aromatic rings. The number of thiophene rings is 1. The van der Waals surface area contributed by atoms with Crippen LogP contribution in [0, 0.1) is 0 Å². The van der Waals surface area contributed by atoms with Crippen molar-refractivity contribution >= 4 is 56.3 Å². The van der Waals surface area contributed by atoms with E-state index in [0.29, 0.717) is 16.7 Å². The van der Waals surface area contributed by atoms with Gasteiger partial charge in [0.15, 0.2) is 0 Å². The smallest absolute Gasteiger partial charge is 0.305 e. The molecule has 0 saturated heterocycles. The van der Waals surface area contributed by atoms with Gasteiger partial charge in [-0.25, -0.2) is 4.98 Å². The Morgan fingerprint density at radius 1 is 1.33 bits per heavy atom. The van der Waals surface area contributed by atoms with Gasteiger partial charge < -0.3 is 5.11 Å². The van der Waals surface area contributed by atoms with Gasteiger partial charge in [-0.3, -0.25) is 14.2 Å². The molecule has 0 unspecified atom stereocenters. The molecule has 7 heteroatoms. The Morgan fingerprint density at radius 2 is 2.12 bits per heavy atom. The van der Waals surface area contributed by atoms with E-state index in [1.807, 2.05) is 23.6 Å². The molecule has 0 aliphatic carbocycles. The molecule has 24 heavy (non-hydrogen) atoms. The first-order chi connectivity index (χ1) is 11.5. The number of halogens is 1. The summed E-state index contributed by atoms with van der Waals surface area (Å²) in [7, 11) is 0. The number of fused-ring (bicyclic) bond motifs is 1. The molecule has 0 spiro atoms. The summed E-state index contributed by atoms with van der Waals surface area (Å²) in [4.78, 5) is 29.1. The van der Waals surface area contributed by atoms with Gasteiger partial charge in [0, 0.05) is 21.3 Å². The van der Waals surface area contributed by atoms with Crippen molar-refractivity contribution in [1.82, 2.24) is 9.55 Å². The summed E-state index contributed by atoms with van der Waals surface area (Å²) in [5.41, 5.74) is 0.370. The fourth-order valence-corrected chi connectivity index (χ4v) is 3.65. The maximum atomic E-state index is 12.7. The van der Waals surface area contributed by atoms with E-state index in [0.717, 1.165) is 9.35 Å². The van der Waals surface area contributed by atoms with Crippen molar-refractivity contribution in [2.24, 2.45) is 0 Å². The highest BCUT2D eigenvalue weighted by molar-refractivity contribution is 9.10. The maximum absolute atomic E-state index is 12.7. The normalized spacial score (nSPS) is 11.4. The van der Waals surface area contributed by atoms with Crippen LogP contribution in [0.5, 0.6) is 0 Å². The maximum Gasteiger partial charge on any atom is 0.305 e. The van der Waals surface area contributed by atoms with Crippen molar-refractivity contribution in [3.8, 4) is 0 Å². The third kappa shape index (κ3) is 3.63. The highest BCUT2D eigenvalue weighted by Gasteiger charge is 2.10. The average Bonchev–Trinajstić information content (AvgIpc) is 2.97. The number of benzene rings is 1. The van der Waals surface area contributed by atoms with Gasteiger partial charge in [-0.1, -0.05) is 12.1 Å². The molecule has 3 rings (SSSR count). The summed E-state index contributed by atoms with van der Waals surface area (Å²) in [5.74, 6) is -0.503. The third-order valence-corrected chi connectivity index (χ3v) is 5.08. The van der Waals surface area contributed by atoms with Crippen molar-refractivity contribution in [3.63, 3.8) is 0 Å². The summed E-state index contributed by atoms with van der Waals surface area (Å²) < 4.78 is 2.40. The SMILES string of the molecule is O=C(O)CCn1c(/C=C\c2cc(Br)cs2)nc2ccccc2c1=O. The number of para-hydroxylation sites is 1. The number of rotatable bonds is 5. The van der Waals surface area contributed by atoms with Crippen LogP contribution in [0.2, 0.25) is 0 Å². The van der Waals surface area contributed by atoms with Crippen LogP contribution in [-0.4, -0.2) is 20.6 Å². The van der Waals surface area contributed by atoms with Gasteiger partial charge in [0.25, 0.3) is 5.56 Å². The van der Waals surface area contributed by atoms with Gasteiger partial charge in [0.1, 0.15) is 5.82 Å². The molecule has 0 fully saturated rings. The van der Waals surface area contributed by atoms with E-state index in [4.69, 9.17) is 5.11 Å². The topological polar surface area (TPSA) is 72.2 Å². The molecule has 0 bridgehead atoms. The Morgan fingerprint density at radius 3 is 2.83 bits per heavy atom. The Kier molecular flexibility index (Phi) is 4.92. The first-order valence-electron chi connectivity index (χ1n) is 7.18. The molecule has 0 radical (unpaired) electrons. The van der Waals surface area contributed by atoms with E-state index < -0.39 is 5.97 Å². The lowest BCUT2D eigenvalue weighted by Crippen LogP contribution is -2.25. The van der Waals surface area contributed by atoms with Crippen LogP contribution in [0.3, 0.4) is 0 Å². The number of aromatic nitrogens is 2. The molecule has 122 valence electrons. The Hall–Kier alpha value is -2.25. The quantitative estimate of drug-likeness (QED) is 0.700. The molecule has 5 nitrogen and oxygen atoms in total. The van der Waals surface area contributed by atoms with Crippen LogP contribution in [0.1, 0.15) is 17.1 Å². The number of hydrogen-bond donors (Lipinski definition) is 1. The molecule has 0 atom stereocenters. The summed E-state index contributed by atoms with van der Waals surface area (Å²) in [5, 5.41) is 11.4. The minimum atomic E-state index is -0.952. The van der Waals surface area contributed by atoms with Crippen LogP contribution < -0.4 is 5.56 Å². The Bertz CT molecular complexity index is 991. The van der Waals surface area contributed by atoms with Crippen molar-refractivity contribution in [1.29, 1.82) is 0 Å². The second kappa shape index (κ2) is 7.11. The zero-order valence-corrected chi connectivity index (χ0v) is 14.9. The molecule has 0 aliphatic heterocycles. The number of carboxylic acid groups (broad SMARTS) is 1. The van der Waals surface area contributed by atoms with Gasteiger partial charge in [0.05, 0.1) is 17.3 Å². The molecule has 1 aromatic carbocycles. The van der Waals surface area contributed by atoms with Crippen molar-refractivity contribution in [2.75, 3.05) is 0 Å². The minimum absolute atomic E-state index is 0.0831. The van der Waals surface area contributed by atoms with Crippen LogP contribution in [-0.2, 0) is 11.3 Å². The average molecular weight is 405 g/mol. The van der Waals surface area contributed by atoms with Gasteiger partial charge in [-0.15, -0.1) is 11.3 Å². The van der Waals surface area contributed by atoms with Gasteiger partial charge >= 0.3 is 5.97 Å². The monoisotopic (exact) mass is 404 g/mol. The Balaban J connectivity index is 2.09. The van der Waals surface area contributed by atoms with Gasteiger partial charge in [0.2, 0.25) is 0 Å². The zero-order valence-electron chi connectivity index (χ0n) is 12.5. The molecular formula is C17H13BrN2O3S. The zero-order chi connectivity index (χ0) is 17.1. The lowest BCUT2D eigenvalue weighted by Gasteiger charge is -2.10. The number of nitrogens with zero attached hydrogens (tertiary/aromatic N) is 2. The lowest BCUT2D eigenvalue weighted by molar-refractivity contribution is -0.137. The van der Waals surface area contributed by atoms with Crippen LogP contribution in [0.15, 0.2) is 45.0 Å². The standard InChI is InChI=1S/C17H13BrN2O3S/c18-11-9-12(24-10-11)5-6-15-19-14-4-2-1-3-13(14)17(23)20(15)8-7-16(21)22/h1-6,9-10H,7-8H2,(H,21,22)/b6-5-. The molecule has 2 aromatic heterocycles. The lowest BCUT2D eigenvalue weighted by atomic mass is 10.2. The number of carboxylic acids is 1. The third-order valence-electron chi connectivity index (χ3n) is 3.42. The summed E-state index contributed by atoms with van der Waals surface area (Å²) >= 11 is 4.96. The Labute approximate surface area is 150 Å². The summed E-state index contributed by atoms with van der Waals surface area (Å²) in [6.07, 6.45) is 3.47. The fraction of sp³-hybridized carbons (Fsp3) is 0.118. The molecule has 0 saturated carbocycles. The van der Waals surface area contributed by atoms with Crippen molar-refractivity contribution in [2.45, 2.75) is 13.0 Å². The predicted octanol–water partition coefficient (Wildman–Crippen LogP) is 3.87. The van der Waals surface area contributed by atoms with Crippen LogP contribution in [0.4, 0.5) is 0 Å². The largest absolute Gasteiger partial charge is 0.481 e. The molecule has 1 N–H and O–H groups in total. The van der Waals surface area contributed by atoms with E-state index in [1.54, 1.807) is 35.6 Å². The number of carbonyl (C=O) groups is 1. The van der Waals surface area contributed by atoms with E-state index >= 15 is 0 Å². The van der Waals surface area contributed by atoms with Crippen molar-refractivity contribution in [3.05, 3.63) is 61.2 Å². The molecule has 0 amide bonds. The van der Waals surface area contributed by atoms with E-state index in [1.165, 1.54) is 4.57 Å².